The molecule has 1 aromatic rings. The summed E-state index contributed by atoms with van der Waals surface area (Å²) < 4.78 is 6.38. The van der Waals surface area contributed by atoms with Gasteiger partial charge in [0.05, 0.1) is 16.5 Å². The molecule has 16 heavy (non-hydrogen) atoms. The van der Waals surface area contributed by atoms with Crippen molar-refractivity contribution >= 4 is 22.9 Å². The Hall–Kier alpha value is -0.130. The number of thiophene rings is 1. The minimum absolute atomic E-state index is 0.196. The fourth-order valence-electron chi connectivity index (χ4n) is 1.89. The Morgan fingerprint density at radius 3 is 3.06 bits per heavy atom. The molecule has 1 aliphatic heterocycles. The molecule has 0 aromatic carbocycles. The van der Waals surface area contributed by atoms with Crippen molar-refractivity contribution < 1.29 is 4.74 Å². The van der Waals surface area contributed by atoms with Gasteiger partial charge in [-0.1, -0.05) is 11.6 Å². The Bertz CT molecular complexity index is 326. The molecule has 0 radical (unpaired) electrons. The van der Waals surface area contributed by atoms with Gasteiger partial charge in [0.15, 0.2) is 0 Å². The SMILES string of the molecule is NCC(NCC1CCCO1)c1ccc(Cl)s1. The second-order valence-electron chi connectivity index (χ2n) is 3.97. The monoisotopic (exact) mass is 260 g/mol. The largest absolute Gasteiger partial charge is 0.377 e. The van der Waals surface area contributed by atoms with Gasteiger partial charge in [-0.2, -0.15) is 0 Å². The van der Waals surface area contributed by atoms with E-state index in [-0.39, 0.29) is 6.04 Å². The number of halogens is 1. The lowest BCUT2D eigenvalue weighted by atomic mass is 10.2. The molecule has 2 unspecified atom stereocenters. The molecule has 0 aliphatic carbocycles. The summed E-state index contributed by atoms with van der Waals surface area (Å²) in [6.07, 6.45) is 2.67. The molecule has 1 saturated heterocycles. The van der Waals surface area contributed by atoms with E-state index in [1.807, 2.05) is 12.1 Å². The van der Waals surface area contributed by atoms with E-state index in [1.54, 1.807) is 11.3 Å². The third kappa shape index (κ3) is 3.18. The Kier molecular flexibility index (Phi) is 4.61. The van der Waals surface area contributed by atoms with E-state index < -0.39 is 0 Å². The fourth-order valence-corrected chi connectivity index (χ4v) is 3.04. The van der Waals surface area contributed by atoms with Crippen LogP contribution >= 0.6 is 22.9 Å². The van der Waals surface area contributed by atoms with Crippen molar-refractivity contribution in [1.29, 1.82) is 0 Å². The topological polar surface area (TPSA) is 47.3 Å². The van der Waals surface area contributed by atoms with Crippen LogP contribution in [0.3, 0.4) is 0 Å². The number of nitrogens with two attached hydrogens (primary N) is 1. The van der Waals surface area contributed by atoms with Crippen molar-refractivity contribution in [1.82, 2.24) is 5.32 Å². The molecule has 1 aliphatic rings. The van der Waals surface area contributed by atoms with E-state index in [4.69, 9.17) is 22.1 Å². The zero-order valence-corrected chi connectivity index (χ0v) is 10.7. The molecule has 2 heterocycles. The molecule has 2 atom stereocenters. The van der Waals surface area contributed by atoms with Crippen molar-refractivity contribution in [2.24, 2.45) is 5.73 Å². The van der Waals surface area contributed by atoms with Gasteiger partial charge in [0.1, 0.15) is 0 Å². The first-order valence-electron chi connectivity index (χ1n) is 5.60. The summed E-state index contributed by atoms with van der Waals surface area (Å²) in [5, 5.41) is 3.44. The highest BCUT2D eigenvalue weighted by atomic mass is 35.5. The van der Waals surface area contributed by atoms with E-state index >= 15 is 0 Å². The molecule has 0 spiro atoms. The maximum absolute atomic E-state index is 5.91. The summed E-state index contributed by atoms with van der Waals surface area (Å²) in [4.78, 5) is 1.20. The van der Waals surface area contributed by atoms with Gasteiger partial charge in [0.2, 0.25) is 0 Å². The molecular weight excluding hydrogens is 244 g/mol. The third-order valence-electron chi connectivity index (χ3n) is 2.79. The highest BCUT2D eigenvalue weighted by Crippen LogP contribution is 2.26. The fraction of sp³-hybridized carbons (Fsp3) is 0.636. The van der Waals surface area contributed by atoms with Crippen molar-refractivity contribution in [3.05, 3.63) is 21.3 Å². The Morgan fingerprint density at radius 2 is 2.50 bits per heavy atom. The summed E-state index contributed by atoms with van der Waals surface area (Å²) in [6.45, 7) is 2.35. The zero-order chi connectivity index (χ0) is 11.4. The second-order valence-corrected chi connectivity index (χ2v) is 5.72. The molecule has 5 heteroatoms. The van der Waals surface area contributed by atoms with Crippen LogP contribution in [-0.4, -0.2) is 25.8 Å². The molecule has 0 bridgehead atoms. The van der Waals surface area contributed by atoms with E-state index in [2.05, 4.69) is 5.32 Å². The van der Waals surface area contributed by atoms with Crippen LogP contribution in [0.2, 0.25) is 4.34 Å². The number of rotatable bonds is 5. The number of hydrogen-bond acceptors (Lipinski definition) is 4. The van der Waals surface area contributed by atoms with Gasteiger partial charge in [0.25, 0.3) is 0 Å². The first kappa shape index (κ1) is 12.3. The van der Waals surface area contributed by atoms with Gasteiger partial charge >= 0.3 is 0 Å². The average molecular weight is 261 g/mol. The first-order valence-corrected chi connectivity index (χ1v) is 6.79. The first-order chi connectivity index (χ1) is 7.79. The van der Waals surface area contributed by atoms with Crippen molar-refractivity contribution in [2.45, 2.75) is 25.0 Å². The van der Waals surface area contributed by atoms with Crippen molar-refractivity contribution in [3.63, 3.8) is 0 Å². The molecule has 1 aromatic heterocycles. The zero-order valence-electron chi connectivity index (χ0n) is 9.12. The Morgan fingerprint density at radius 1 is 1.62 bits per heavy atom. The number of hydrogen-bond donors (Lipinski definition) is 2. The molecule has 3 nitrogen and oxygen atoms in total. The summed E-state index contributed by atoms with van der Waals surface area (Å²) in [6, 6.07) is 4.15. The van der Waals surface area contributed by atoms with E-state index in [0.29, 0.717) is 12.6 Å². The van der Waals surface area contributed by atoms with E-state index in [0.717, 1.165) is 23.9 Å². The lowest BCUT2D eigenvalue weighted by molar-refractivity contribution is 0.108. The summed E-state index contributed by atoms with van der Waals surface area (Å²) in [5.74, 6) is 0. The van der Waals surface area contributed by atoms with Crippen LogP contribution in [-0.2, 0) is 4.74 Å². The van der Waals surface area contributed by atoms with Gasteiger partial charge in [-0.3, -0.25) is 0 Å². The smallest absolute Gasteiger partial charge is 0.0931 e. The van der Waals surface area contributed by atoms with Gasteiger partial charge < -0.3 is 15.8 Å². The molecular formula is C11H17ClN2OS. The lowest BCUT2D eigenvalue weighted by Gasteiger charge is -2.18. The average Bonchev–Trinajstić information content (AvgIpc) is 2.91. The summed E-state index contributed by atoms with van der Waals surface area (Å²) >= 11 is 7.50. The minimum atomic E-state index is 0.196. The molecule has 0 saturated carbocycles. The standard InChI is InChI=1S/C11H17ClN2OS/c12-11-4-3-10(16-11)9(6-13)14-7-8-2-1-5-15-8/h3-4,8-9,14H,1-2,5-7,13H2. The maximum Gasteiger partial charge on any atom is 0.0931 e. The Labute approximate surface area is 105 Å². The van der Waals surface area contributed by atoms with Gasteiger partial charge in [-0.05, 0) is 25.0 Å². The normalized spacial score (nSPS) is 22.5. The second kappa shape index (κ2) is 5.98. The van der Waals surface area contributed by atoms with Crippen LogP contribution in [0.25, 0.3) is 0 Å². The molecule has 3 N–H and O–H groups in total. The highest BCUT2D eigenvalue weighted by Gasteiger charge is 2.18. The van der Waals surface area contributed by atoms with Gasteiger partial charge in [-0.25, -0.2) is 0 Å². The van der Waals surface area contributed by atoms with Crippen molar-refractivity contribution in [3.8, 4) is 0 Å². The third-order valence-corrected chi connectivity index (χ3v) is 4.13. The maximum atomic E-state index is 5.91. The summed E-state index contributed by atoms with van der Waals surface area (Å²) in [5.41, 5.74) is 5.76. The van der Waals surface area contributed by atoms with Crippen LogP contribution < -0.4 is 11.1 Å². The van der Waals surface area contributed by atoms with Crippen molar-refractivity contribution in [2.75, 3.05) is 19.7 Å². The highest BCUT2D eigenvalue weighted by molar-refractivity contribution is 7.16. The lowest BCUT2D eigenvalue weighted by Crippen LogP contribution is -2.33. The number of nitrogens with one attached hydrogen (secondary N) is 1. The summed E-state index contributed by atoms with van der Waals surface area (Å²) in [7, 11) is 0. The van der Waals surface area contributed by atoms with Crippen LogP contribution in [0.1, 0.15) is 23.8 Å². The molecule has 1 fully saturated rings. The van der Waals surface area contributed by atoms with Crippen LogP contribution in [0.4, 0.5) is 0 Å². The number of ether oxygens (including phenoxy) is 1. The Balaban J connectivity index is 1.85. The van der Waals surface area contributed by atoms with E-state index in [1.165, 1.54) is 11.3 Å². The molecule has 90 valence electrons. The predicted molar refractivity (Wildman–Crippen MR) is 68.1 cm³/mol. The predicted octanol–water partition coefficient (Wildman–Crippen LogP) is 2.17. The van der Waals surface area contributed by atoms with Crippen LogP contribution in [0, 0.1) is 0 Å². The minimum Gasteiger partial charge on any atom is -0.377 e. The van der Waals surface area contributed by atoms with Gasteiger partial charge in [-0.15, -0.1) is 11.3 Å². The molecule has 0 amide bonds. The quantitative estimate of drug-likeness (QED) is 0.853. The molecule has 2 rings (SSSR count). The van der Waals surface area contributed by atoms with E-state index in [9.17, 15) is 0 Å². The van der Waals surface area contributed by atoms with Crippen LogP contribution in [0.5, 0.6) is 0 Å². The van der Waals surface area contributed by atoms with Gasteiger partial charge in [0, 0.05) is 24.6 Å². The van der Waals surface area contributed by atoms with Crippen LogP contribution in [0.15, 0.2) is 12.1 Å².